The predicted octanol–water partition coefficient (Wildman–Crippen LogP) is 0.954. The number of aliphatic hydroxyl groups is 1. The van der Waals surface area contributed by atoms with E-state index >= 15 is 0 Å². The molecule has 1 aromatic heterocycles. The van der Waals surface area contributed by atoms with E-state index in [4.69, 9.17) is 5.11 Å². The van der Waals surface area contributed by atoms with Crippen molar-refractivity contribution in [1.29, 1.82) is 0 Å². The van der Waals surface area contributed by atoms with Gasteiger partial charge in [0.1, 0.15) is 0 Å². The molecule has 0 radical (unpaired) electrons. The van der Waals surface area contributed by atoms with Crippen LogP contribution in [0.3, 0.4) is 0 Å². The van der Waals surface area contributed by atoms with Crippen molar-refractivity contribution in [2.75, 3.05) is 13.2 Å². The maximum atomic E-state index is 8.72. The highest BCUT2D eigenvalue weighted by Crippen LogP contribution is 2.12. The lowest BCUT2D eigenvalue weighted by Crippen LogP contribution is -2.18. The van der Waals surface area contributed by atoms with Crippen LogP contribution in [0.1, 0.15) is 5.56 Å². The van der Waals surface area contributed by atoms with Gasteiger partial charge in [-0.2, -0.15) is 5.10 Å². The zero-order chi connectivity index (χ0) is 11.2. The van der Waals surface area contributed by atoms with Crippen molar-refractivity contribution in [2.45, 2.75) is 6.54 Å². The first-order chi connectivity index (χ1) is 7.92. The van der Waals surface area contributed by atoms with Crippen LogP contribution < -0.4 is 5.32 Å². The zero-order valence-corrected chi connectivity index (χ0v) is 9.00. The molecule has 0 aliphatic rings. The first-order valence-electron chi connectivity index (χ1n) is 5.31. The second kappa shape index (κ2) is 5.44. The molecule has 0 unspecified atom stereocenters. The number of aromatic nitrogens is 2. The fourth-order valence-corrected chi connectivity index (χ4v) is 1.60. The third kappa shape index (κ3) is 2.48. The van der Waals surface area contributed by atoms with Gasteiger partial charge in [-0.3, -0.25) is 0 Å². The highest BCUT2D eigenvalue weighted by molar-refractivity contribution is 5.40. The fourth-order valence-electron chi connectivity index (χ4n) is 1.60. The van der Waals surface area contributed by atoms with E-state index in [-0.39, 0.29) is 6.61 Å². The van der Waals surface area contributed by atoms with Crippen LogP contribution in [0.5, 0.6) is 0 Å². The van der Waals surface area contributed by atoms with Crippen LogP contribution in [0.4, 0.5) is 0 Å². The molecule has 84 valence electrons. The average molecular weight is 217 g/mol. The topological polar surface area (TPSA) is 50.1 Å². The van der Waals surface area contributed by atoms with Crippen LogP contribution in [0.25, 0.3) is 5.69 Å². The molecule has 1 aromatic carbocycles. The molecule has 2 rings (SSSR count). The number of hydrogen-bond acceptors (Lipinski definition) is 3. The van der Waals surface area contributed by atoms with E-state index in [1.54, 1.807) is 6.20 Å². The molecular formula is C12H15N3O. The Hall–Kier alpha value is -1.65. The number of rotatable bonds is 5. The van der Waals surface area contributed by atoms with Gasteiger partial charge in [0, 0.05) is 25.5 Å². The van der Waals surface area contributed by atoms with Crippen molar-refractivity contribution in [1.82, 2.24) is 15.1 Å². The highest BCUT2D eigenvalue weighted by Gasteiger charge is 2.02. The first-order valence-corrected chi connectivity index (χ1v) is 5.31. The predicted molar refractivity (Wildman–Crippen MR) is 62.4 cm³/mol. The zero-order valence-electron chi connectivity index (χ0n) is 9.00. The van der Waals surface area contributed by atoms with E-state index in [0.717, 1.165) is 12.2 Å². The summed E-state index contributed by atoms with van der Waals surface area (Å²) in [5, 5.41) is 16.1. The second-order valence-electron chi connectivity index (χ2n) is 3.48. The Balaban J connectivity index is 2.18. The molecule has 0 aliphatic heterocycles. The first kappa shape index (κ1) is 10.9. The number of nitrogens with zero attached hydrogens (tertiary/aromatic N) is 2. The molecule has 0 saturated heterocycles. The van der Waals surface area contributed by atoms with Gasteiger partial charge in [0.15, 0.2) is 0 Å². The number of benzene rings is 1. The summed E-state index contributed by atoms with van der Waals surface area (Å²) in [6.07, 6.45) is 3.68. The molecule has 0 atom stereocenters. The minimum absolute atomic E-state index is 0.157. The third-order valence-electron chi connectivity index (χ3n) is 2.35. The van der Waals surface area contributed by atoms with E-state index in [9.17, 15) is 0 Å². The minimum atomic E-state index is 0.157. The largest absolute Gasteiger partial charge is 0.395 e. The minimum Gasteiger partial charge on any atom is -0.395 e. The molecule has 4 heteroatoms. The summed E-state index contributed by atoms with van der Waals surface area (Å²) in [6, 6.07) is 9.98. The summed E-state index contributed by atoms with van der Waals surface area (Å²) in [5.74, 6) is 0. The molecule has 0 saturated carbocycles. The van der Waals surface area contributed by atoms with Crippen LogP contribution in [0.15, 0.2) is 42.7 Å². The van der Waals surface area contributed by atoms with Crippen LogP contribution in [0.2, 0.25) is 0 Å². The number of aliphatic hydroxyl groups excluding tert-OH is 1. The van der Waals surface area contributed by atoms with Gasteiger partial charge >= 0.3 is 0 Å². The van der Waals surface area contributed by atoms with Crippen molar-refractivity contribution >= 4 is 0 Å². The Bertz CT molecular complexity index is 426. The number of nitrogens with one attached hydrogen (secondary N) is 1. The fraction of sp³-hybridized carbons (Fsp3) is 0.250. The molecule has 2 aromatic rings. The van der Waals surface area contributed by atoms with Gasteiger partial charge < -0.3 is 10.4 Å². The van der Waals surface area contributed by atoms with Crippen molar-refractivity contribution in [2.24, 2.45) is 0 Å². The molecular weight excluding hydrogens is 202 g/mol. The van der Waals surface area contributed by atoms with Gasteiger partial charge in [-0.25, -0.2) is 4.68 Å². The van der Waals surface area contributed by atoms with Crippen molar-refractivity contribution < 1.29 is 5.11 Å². The van der Waals surface area contributed by atoms with Crippen LogP contribution in [-0.4, -0.2) is 28.0 Å². The molecule has 0 spiro atoms. The monoisotopic (exact) mass is 217 g/mol. The Morgan fingerprint density at radius 1 is 1.25 bits per heavy atom. The Labute approximate surface area is 94.5 Å². The summed E-state index contributed by atoms with van der Waals surface area (Å²) in [5.41, 5.74) is 2.23. The molecule has 4 nitrogen and oxygen atoms in total. The normalized spacial score (nSPS) is 10.6. The van der Waals surface area contributed by atoms with Gasteiger partial charge in [-0.15, -0.1) is 0 Å². The van der Waals surface area contributed by atoms with Crippen LogP contribution in [0, 0.1) is 0 Å². The standard InChI is InChI=1S/C12H15N3O/c16-9-7-13-10-11-4-1-2-5-12(11)15-8-3-6-14-15/h1-6,8,13,16H,7,9-10H2. The molecule has 0 aliphatic carbocycles. The van der Waals surface area contributed by atoms with E-state index in [2.05, 4.69) is 16.5 Å². The van der Waals surface area contributed by atoms with E-state index in [1.165, 1.54) is 5.56 Å². The van der Waals surface area contributed by atoms with Gasteiger partial charge in [0.25, 0.3) is 0 Å². The summed E-state index contributed by atoms with van der Waals surface area (Å²) >= 11 is 0. The maximum Gasteiger partial charge on any atom is 0.0690 e. The van der Waals surface area contributed by atoms with Crippen molar-refractivity contribution in [3.63, 3.8) is 0 Å². The quantitative estimate of drug-likeness (QED) is 0.733. The van der Waals surface area contributed by atoms with Crippen molar-refractivity contribution in [3.8, 4) is 5.69 Å². The molecule has 0 amide bonds. The SMILES string of the molecule is OCCNCc1ccccc1-n1cccn1. The summed E-state index contributed by atoms with van der Waals surface area (Å²) in [6.45, 7) is 1.49. The van der Waals surface area contributed by atoms with Gasteiger partial charge in [-0.1, -0.05) is 18.2 Å². The molecule has 1 heterocycles. The van der Waals surface area contributed by atoms with Crippen LogP contribution >= 0.6 is 0 Å². The van der Waals surface area contributed by atoms with Gasteiger partial charge in [0.05, 0.1) is 12.3 Å². The van der Waals surface area contributed by atoms with Gasteiger partial charge in [0.2, 0.25) is 0 Å². The van der Waals surface area contributed by atoms with Crippen LogP contribution in [-0.2, 0) is 6.54 Å². The van der Waals surface area contributed by atoms with E-state index in [1.807, 2.05) is 35.1 Å². The third-order valence-corrected chi connectivity index (χ3v) is 2.35. The molecule has 2 N–H and O–H groups in total. The lowest BCUT2D eigenvalue weighted by molar-refractivity contribution is 0.292. The Morgan fingerprint density at radius 3 is 2.88 bits per heavy atom. The lowest BCUT2D eigenvalue weighted by Gasteiger charge is -2.09. The average Bonchev–Trinajstić information content (AvgIpc) is 2.83. The Morgan fingerprint density at radius 2 is 2.12 bits per heavy atom. The summed E-state index contributed by atoms with van der Waals surface area (Å²) in [7, 11) is 0. The van der Waals surface area contributed by atoms with E-state index in [0.29, 0.717) is 6.54 Å². The Kier molecular flexibility index (Phi) is 3.69. The second-order valence-corrected chi connectivity index (χ2v) is 3.48. The van der Waals surface area contributed by atoms with E-state index < -0.39 is 0 Å². The van der Waals surface area contributed by atoms with Gasteiger partial charge in [-0.05, 0) is 17.7 Å². The number of hydrogen-bond donors (Lipinski definition) is 2. The highest BCUT2D eigenvalue weighted by atomic mass is 16.3. The molecule has 0 bridgehead atoms. The van der Waals surface area contributed by atoms with Crippen molar-refractivity contribution in [3.05, 3.63) is 48.3 Å². The molecule has 16 heavy (non-hydrogen) atoms. The molecule has 0 fully saturated rings. The summed E-state index contributed by atoms with van der Waals surface area (Å²) in [4.78, 5) is 0. The number of para-hydroxylation sites is 1. The maximum absolute atomic E-state index is 8.72. The smallest absolute Gasteiger partial charge is 0.0690 e. The lowest BCUT2D eigenvalue weighted by atomic mass is 10.2. The summed E-state index contributed by atoms with van der Waals surface area (Å²) < 4.78 is 1.84.